The van der Waals surface area contributed by atoms with Crippen LogP contribution >= 0.6 is 22.9 Å². The quantitative estimate of drug-likeness (QED) is 0.730. The molecule has 3 nitrogen and oxygen atoms in total. The first-order valence-corrected chi connectivity index (χ1v) is 7.14. The maximum Gasteiger partial charge on any atom is 0.140 e. The van der Waals surface area contributed by atoms with Crippen molar-refractivity contribution in [2.45, 2.75) is 6.54 Å². The Kier molecular flexibility index (Phi) is 3.36. The van der Waals surface area contributed by atoms with Gasteiger partial charge in [-0.1, -0.05) is 29.8 Å². The number of hydrogen-bond acceptors (Lipinski definition) is 4. The van der Waals surface area contributed by atoms with Crippen LogP contribution in [0.2, 0.25) is 5.02 Å². The van der Waals surface area contributed by atoms with Gasteiger partial charge in [-0.05, 0) is 23.1 Å². The van der Waals surface area contributed by atoms with Crippen LogP contribution in [-0.4, -0.2) is 17.0 Å². The summed E-state index contributed by atoms with van der Waals surface area (Å²) in [5.41, 5.74) is 1.09. The molecule has 0 bridgehead atoms. The van der Waals surface area contributed by atoms with Crippen molar-refractivity contribution >= 4 is 39.0 Å². The fourth-order valence-electron chi connectivity index (χ4n) is 2.04. The van der Waals surface area contributed by atoms with Gasteiger partial charge in [-0.15, -0.1) is 11.3 Å². The van der Waals surface area contributed by atoms with E-state index in [0.717, 1.165) is 33.2 Å². The van der Waals surface area contributed by atoms with Crippen molar-refractivity contribution < 1.29 is 0 Å². The molecule has 0 spiro atoms. The van der Waals surface area contributed by atoms with Crippen molar-refractivity contribution in [3.8, 4) is 0 Å². The van der Waals surface area contributed by atoms with Crippen LogP contribution < -0.4 is 4.90 Å². The van der Waals surface area contributed by atoms with Crippen LogP contribution in [0, 0.1) is 0 Å². The van der Waals surface area contributed by atoms with Crippen LogP contribution in [0.15, 0.2) is 42.0 Å². The second-order valence-electron chi connectivity index (χ2n) is 4.28. The molecule has 5 heteroatoms. The van der Waals surface area contributed by atoms with Crippen LogP contribution in [0.4, 0.5) is 5.82 Å². The van der Waals surface area contributed by atoms with E-state index in [0.29, 0.717) is 0 Å². The van der Waals surface area contributed by atoms with Gasteiger partial charge in [0.2, 0.25) is 0 Å². The van der Waals surface area contributed by atoms with Crippen molar-refractivity contribution in [2.75, 3.05) is 11.9 Å². The molecule has 0 unspecified atom stereocenters. The SMILES string of the molecule is CN(Cc1ccccc1Cl)c1ncnc2sccc12. The van der Waals surface area contributed by atoms with Gasteiger partial charge in [0.15, 0.2) is 0 Å². The van der Waals surface area contributed by atoms with Gasteiger partial charge in [0.05, 0.1) is 5.39 Å². The summed E-state index contributed by atoms with van der Waals surface area (Å²) < 4.78 is 0. The van der Waals surface area contributed by atoms with Crippen molar-refractivity contribution in [3.63, 3.8) is 0 Å². The number of anilines is 1. The smallest absolute Gasteiger partial charge is 0.140 e. The summed E-state index contributed by atoms with van der Waals surface area (Å²) in [5.74, 6) is 0.936. The van der Waals surface area contributed by atoms with Crippen LogP contribution in [0.5, 0.6) is 0 Å². The topological polar surface area (TPSA) is 29.0 Å². The Morgan fingerprint density at radius 3 is 2.89 bits per heavy atom. The highest BCUT2D eigenvalue weighted by atomic mass is 35.5. The third kappa shape index (κ3) is 2.41. The van der Waals surface area contributed by atoms with Gasteiger partial charge in [0, 0.05) is 18.6 Å². The van der Waals surface area contributed by atoms with Crippen molar-refractivity contribution in [3.05, 3.63) is 52.6 Å². The number of benzene rings is 1. The van der Waals surface area contributed by atoms with Gasteiger partial charge in [-0.2, -0.15) is 0 Å². The number of aromatic nitrogens is 2. The monoisotopic (exact) mass is 289 g/mol. The molecule has 1 aromatic carbocycles. The van der Waals surface area contributed by atoms with E-state index in [4.69, 9.17) is 11.6 Å². The molecule has 96 valence electrons. The molecular formula is C14H12ClN3S. The molecule has 0 atom stereocenters. The van der Waals surface area contributed by atoms with E-state index in [2.05, 4.69) is 20.9 Å². The Morgan fingerprint density at radius 2 is 2.05 bits per heavy atom. The largest absolute Gasteiger partial charge is 0.355 e. The third-order valence-corrected chi connectivity index (χ3v) is 4.16. The summed E-state index contributed by atoms with van der Waals surface area (Å²) in [6, 6.07) is 9.93. The minimum atomic E-state index is 0.724. The van der Waals surface area contributed by atoms with E-state index in [-0.39, 0.29) is 0 Å². The van der Waals surface area contributed by atoms with Crippen LogP contribution in [0.1, 0.15) is 5.56 Å². The predicted octanol–water partition coefficient (Wildman–Crippen LogP) is 3.98. The standard InChI is InChI=1S/C14H12ClN3S/c1-18(8-10-4-2-3-5-12(10)15)13-11-6-7-19-14(11)17-9-16-13/h2-7,9H,8H2,1H3. The third-order valence-electron chi connectivity index (χ3n) is 2.97. The average molecular weight is 290 g/mol. The molecule has 2 aromatic heterocycles. The van der Waals surface area contributed by atoms with Crippen molar-refractivity contribution in [1.82, 2.24) is 9.97 Å². The van der Waals surface area contributed by atoms with E-state index < -0.39 is 0 Å². The van der Waals surface area contributed by atoms with E-state index in [9.17, 15) is 0 Å². The lowest BCUT2D eigenvalue weighted by molar-refractivity contribution is 0.901. The molecule has 0 aliphatic rings. The van der Waals surface area contributed by atoms with Crippen LogP contribution in [0.25, 0.3) is 10.2 Å². The number of nitrogens with zero attached hydrogens (tertiary/aromatic N) is 3. The number of halogens is 1. The second kappa shape index (κ2) is 5.15. The van der Waals surface area contributed by atoms with Gasteiger partial charge in [-0.3, -0.25) is 0 Å². The van der Waals surface area contributed by atoms with Crippen LogP contribution in [0.3, 0.4) is 0 Å². The van der Waals surface area contributed by atoms with Gasteiger partial charge in [0.1, 0.15) is 17.0 Å². The van der Waals surface area contributed by atoms with Gasteiger partial charge in [-0.25, -0.2) is 9.97 Å². The second-order valence-corrected chi connectivity index (χ2v) is 5.59. The number of thiophene rings is 1. The molecule has 3 rings (SSSR count). The summed E-state index contributed by atoms with van der Waals surface area (Å²) in [6.45, 7) is 0.724. The fourth-order valence-corrected chi connectivity index (χ4v) is 2.96. The van der Waals surface area contributed by atoms with Crippen LogP contribution in [-0.2, 0) is 6.54 Å². The normalized spacial score (nSPS) is 10.8. The molecule has 0 N–H and O–H groups in total. The number of hydrogen-bond donors (Lipinski definition) is 0. The summed E-state index contributed by atoms with van der Waals surface area (Å²) in [6.07, 6.45) is 1.61. The Labute approximate surface area is 120 Å². The highest BCUT2D eigenvalue weighted by Gasteiger charge is 2.11. The number of rotatable bonds is 3. The Morgan fingerprint density at radius 1 is 1.21 bits per heavy atom. The van der Waals surface area contributed by atoms with Gasteiger partial charge < -0.3 is 4.90 Å². The Bertz CT molecular complexity index is 710. The molecule has 3 aromatic rings. The van der Waals surface area contributed by atoms with E-state index >= 15 is 0 Å². The molecule has 0 saturated heterocycles. The zero-order chi connectivity index (χ0) is 13.2. The van der Waals surface area contributed by atoms with E-state index in [1.165, 1.54) is 0 Å². The molecule has 0 fully saturated rings. The summed E-state index contributed by atoms with van der Waals surface area (Å²) >= 11 is 7.82. The molecule has 0 aliphatic carbocycles. The van der Waals surface area contributed by atoms with Crippen molar-refractivity contribution in [1.29, 1.82) is 0 Å². The Hall–Kier alpha value is -1.65. The lowest BCUT2D eigenvalue weighted by Gasteiger charge is -2.19. The first kappa shape index (κ1) is 12.4. The zero-order valence-corrected chi connectivity index (χ0v) is 11.9. The summed E-state index contributed by atoms with van der Waals surface area (Å²) in [7, 11) is 2.02. The van der Waals surface area contributed by atoms with E-state index in [1.54, 1.807) is 17.7 Å². The van der Waals surface area contributed by atoms with Crippen molar-refractivity contribution in [2.24, 2.45) is 0 Å². The first-order chi connectivity index (χ1) is 9.25. The molecule has 0 radical (unpaired) electrons. The van der Waals surface area contributed by atoms with E-state index in [1.807, 2.05) is 36.7 Å². The average Bonchev–Trinajstić information content (AvgIpc) is 2.89. The first-order valence-electron chi connectivity index (χ1n) is 5.88. The lowest BCUT2D eigenvalue weighted by atomic mass is 10.2. The predicted molar refractivity (Wildman–Crippen MR) is 81.0 cm³/mol. The molecule has 0 saturated carbocycles. The van der Waals surface area contributed by atoms with Gasteiger partial charge >= 0.3 is 0 Å². The highest BCUT2D eigenvalue weighted by molar-refractivity contribution is 7.16. The molecule has 0 aliphatic heterocycles. The highest BCUT2D eigenvalue weighted by Crippen LogP contribution is 2.27. The zero-order valence-electron chi connectivity index (χ0n) is 10.4. The minimum absolute atomic E-state index is 0.724. The fraction of sp³-hybridized carbons (Fsp3) is 0.143. The summed E-state index contributed by atoms with van der Waals surface area (Å²) in [4.78, 5) is 11.8. The number of fused-ring (bicyclic) bond motifs is 1. The molecule has 2 heterocycles. The Balaban J connectivity index is 1.94. The molecular weight excluding hydrogens is 278 g/mol. The molecule has 19 heavy (non-hydrogen) atoms. The minimum Gasteiger partial charge on any atom is -0.355 e. The maximum atomic E-state index is 6.20. The maximum absolute atomic E-state index is 6.20. The lowest BCUT2D eigenvalue weighted by Crippen LogP contribution is -2.18. The van der Waals surface area contributed by atoms with Gasteiger partial charge in [0.25, 0.3) is 0 Å². The molecule has 0 amide bonds. The summed E-state index contributed by atoms with van der Waals surface area (Å²) in [5, 5.41) is 3.90.